The van der Waals surface area contributed by atoms with Crippen molar-refractivity contribution < 1.29 is 24.2 Å². The highest BCUT2D eigenvalue weighted by Crippen LogP contribution is 2.24. The van der Waals surface area contributed by atoms with E-state index in [4.69, 9.17) is 9.47 Å². The summed E-state index contributed by atoms with van der Waals surface area (Å²) in [6.07, 6.45) is 0. The lowest BCUT2D eigenvalue weighted by atomic mass is 10.0. The number of carbonyl (C=O) groups excluding carboxylic acids is 2. The number of aryl methyl sites for hydroxylation is 1. The third-order valence-corrected chi connectivity index (χ3v) is 4.15. The number of aromatic hydroxyl groups is 1. The standard InChI is InChI=1S/C21H19NO5/c1-3-26-21(25)19-13(2)16-6-4-5-7-17(16)22-18(19)12-27-20(24)14-8-10-15(23)11-9-14/h4-11,23H,3,12H2,1-2H3. The molecule has 0 saturated heterocycles. The number of fused-ring (bicyclic) bond motifs is 1. The predicted octanol–water partition coefficient (Wildman–Crippen LogP) is 3.78. The van der Waals surface area contributed by atoms with E-state index in [0.29, 0.717) is 22.3 Å². The van der Waals surface area contributed by atoms with E-state index in [9.17, 15) is 14.7 Å². The maximum absolute atomic E-state index is 12.5. The Morgan fingerprint density at radius 3 is 2.41 bits per heavy atom. The Labute approximate surface area is 156 Å². The minimum Gasteiger partial charge on any atom is -0.508 e. The lowest BCUT2D eigenvalue weighted by Crippen LogP contribution is -2.15. The first-order valence-electron chi connectivity index (χ1n) is 8.52. The van der Waals surface area contributed by atoms with Crippen molar-refractivity contribution in [3.63, 3.8) is 0 Å². The van der Waals surface area contributed by atoms with Gasteiger partial charge in [0, 0.05) is 5.39 Å². The fraction of sp³-hybridized carbons (Fsp3) is 0.190. The van der Waals surface area contributed by atoms with Gasteiger partial charge in [-0.3, -0.25) is 0 Å². The normalized spacial score (nSPS) is 10.6. The number of nitrogens with zero attached hydrogens (tertiary/aromatic N) is 1. The van der Waals surface area contributed by atoms with Gasteiger partial charge in [0.25, 0.3) is 0 Å². The zero-order chi connectivity index (χ0) is 19.4. The highest BCUT2D eigenvalue weighted by Gasteiger charge is 2.21. The molecule has 0 amide bonds. The largest absolute Gasteiger partial charge is 0.508 e. The van der Waals surface area contributed by atoms with Crippen LogP contribution in [-0.4, -0.2) is 28.6 Å². The molecule has 0 fully saturated rings. The number of hydrogen-bond donors (Lipinski definition) is 1. The summed E-state index contributed by atoms with van der Waals surface area (Å²) >= 11 is 0. The van der Waals surface area contributed by atoms with Crippen LogP contribution in [0.1, 0.15) is 38.9 Å². The fourth-order valence-electron chi connectivity index (χ4n) is 2.83. The van der Waals surface area contributed by atoms with Gasteiger partial charge in [-0.05, 0) is 49.7 Å². The van der Waals surface area contributed by atoms with E-state index in [0.717, 1.165) is 10.9 Å². The van der Waals surface area contributed by atoms with Gasteiger partial charge in [-0.1, -0.05) is 18.2 Å². The first-order chi connectivity index (χ1) is 13.0. The molecular formula is C21H19NO5. The number of rotatable bonds is 5. The second-order valence-corrected chi connectivity index (χ2v) is 5.92. The Morgan fingerprint density at radius 1 is 1.00 bits per heavy atom. The number of esters is 2. The molecule has 6 nitrogen and oxygen atoms in total. The first kappa shape index (κ1) is 18.4. The van der Waals surface area contributed by atoms with Crippen LogP contribution in [0.2, 0.25) is 0 Å². The summed E-state index contributed by atoms with van der Waals surface area (Å²) in [7, 11) is 0. The molecule has 1 aromatic heterocycles. The van der Waals surface area contributed by atoms with E-state index in [-0.39, 0.29) is 19.0 Å². The van der Waals surface area contributed by atoms with E-state index >= 15 is 0 Å². The van der Waals surface area contributed by atoms with Crippen molar-refractivity contribution in [1.29, 1.82) is 0 Å². The molecule has 1 heterocycles. The minimum absolute atomic E-state index is 0.0583. The zero-order valence-corrected chi connectivity index (χ0v) is 15.1. The molecule has 0 spiro atoms. The topological polar surface area (TPSA) is 85.7 Å². The number of para-hydroxylation sites is 1. The molecule has 0 aliphatic carbocycles. The lowest BCUT2D eigenvalue weighted by Gasteiger charge is -2.14. The highest BCUT2D eigenvalue weighted by molar-refractivity contribution is 5.98. The Kier molecular flexibility index (Phi) is 5.35. The molecule has 6 heteroatoms. The van der Waals surface area contributed by atoms with Gasteiger partial charge in [-0.15, -0.1) is 0 Å². The van der Waals surface area contributed by atoms with Crippen LogP contribution in [0.5, 0.6) is 5.75 Å². The van der Waals surface area contributed by atoms with Gasteiger partial charge in [0.05, 0.1) is 28.9 Å². The molecule has 1 N–H and O–H groups in total. The number of carbonyl (C=O) groups is 2. The summed E-state index contributed by atoms with van der Waals surface area (Å²) in [5, 5.41) is 10.2. The van der Waals surface area contributed by atoms with Crippen LogP contribution >= 0.6 is 0 Å². The number of ether oxygens (including phenoxy) is 2. The molecule has 3 rings (SSSR count). The summed E-state index contributed by atoms with van der Waals surface area (Å²) in [5.41, 5.74) is 2.39. The first-order valence-corrected chi connectivity index (χ1v) is 8.52. The van der Waals surface area contributed by atoms with Crippen LogP contribution in [0, 0.1) is 6.92 Å². The molecule has 0 radical (unpaired) electrons. The van der Waals surface area contributed by atoms with Gasteiger partial charge in [0.1, 0.15) is 12.4 Å². The van der Waals surface area contributed by atoms with Gasteiger partial charge in [0.15, 0.2) is 0 Å². The second kappa shape index (κ2) is 7.86. The van der Waals surface area contributed by atoms with Gasteiger partial charge in [0.2, 0.25) is 0 Å². The Morgan fingerprint density at radius 2 is 1.70 bits per heavy atom. The van der Waals surface area contributed by atoms with Gasteiger partial charge in [-0.25, -0.2) is 14.6 Å². The molecule has 0 aliphatic heterocycles. The summed E-state index contributed by atoms with van der Waals surface area (Å²) in [6.45, 7) is 3.62. The van der Waals surface area contributed by atoms with Crippen LogP contribution in [0.3, 0.4) is 0 Å². The number of pyridine rings is 1. The number of aromatic nitrogens is 1. The minimum atomic E-state index is -0.572. The lowest BCUT2D eigenvalue weighted by molar-refractivity contribution is 0.0444. The summed E-state index contributed by atoms with van der Waals surface area (Å²) in [4.78, 5) is 29.2. The quantitative estimate of drug-likeness (QED) is 0.693. The third kappa shape index (κ3) is 3.89. The SMILES string of the molecule is CCOC(=O)c1c(COC(=O)c2ccc(O)cc2)nc2ccccc2c1C. The van der Waals surface area contributed by atoms with Gasteiger partial charge >= 0.3 is 11.9 Å². The third-order valence-electron chi connectivity index (χ3n) is 4.15. The Bertz CT molecular complexity index is 995. The number of benzene rings is 2. The van der Waals surface area contributed by atoms with Crippen molar-refractivity contribution in [2.45, 2.75) is 20.5 Å². The molecule has 27 heavy (non-hydrogen) atoms. The van der Waals surface area contributed by atoms with Crippen LogP contribution < -0.4 is 0 Å². The van der Waals surface area contributed by atoms with Crippen molar-refractivity contribution in [3.8, 4) is 5.75 Å². The van der Waals surface area contributed by atoms with Gasteiger partial charge < -0.3 is 14.6 Å². The molecule has 0 aliphatic rings. The Hall–Kier alpha value is -3.41. The molecule has 0 atom stereocenters. The molecule has 3 aromatic rings. The van der Waals surface area contributed by atoms with Crippen molar-refractivity contribution in [2.75, 3.05) is 6.61 Å². The average Bonchev–Trinajstić information content (AvgIpc) is 2.67. The smallest absolute Gasteiger partial charge is 0.340 e. The van der Waals surface area contributed by atoms with Crippen LogP contribution in [0.25, 0.3) is 10.9 Å². The van der Waals surface area contributed by atoms with E-state index in [1.807, 2.05) is 31.2 Å². The Balaban J connectivity index is 1.94. The average molecular weight is 365 g/mol. The van der Waals surface area contributed by atoms with Crippen molar-refractivity contribution >= 4 is 22.8 Å². The molecule has 0 bridgehead atoms. The summed E-state index contributed by atoms with van der Waals surface area (Å²) < 4.78 is 10.5. The second-order valence-electron chi connectivity index (χ2n) is 5.92. The molecular weight excluding hydrogens is 346 g/mol. The highest BCUT2D eigenvalue weighted by atomic mass is 16.5. The van der Waals surface area contributed by atoms with E-state index in [1.165, 1.54) is 24.3 Å². The molecule has 0 unspecified atom stereocenters. The maximum Gasteiger partial charge on any atom is 0.340 e. The van der Waals surface area contributed by atoms with Crippen LogP contribution in [0.15, 0.2) is 48.5 Å². The summed E-state index contributed by atoms with van der Waals surface area (Å²) in [6, 6.07) is 13.2. The van der Waals surface area contributed by atoms with Crippen molar-refractivity contribution in [2.24, 2.45) is 0 Å². The monoisotopic (exact) mass is 365 g/mol. The van der Waals surface area contributed by atoms with E-state index < -0.39 is 11.9 Å². The maximum atomic E-state index is 12.5. The summed E-state index contributed by atoms with van der Waals surface area (Å²) in [5.74, 6) is -1.01. The molecule has 138 valence electrons. The van der Waals surface area contributed by atoms with Gasteiger partial charge in [-0.2, -0.15) is 0 Å². The van der Waals surface area contributed by atoms with Crippen LogP contribution in [0.4, 0.5) is 0 Å². The van der Waals surface area contributed by atoms with E-state index in [1.54, 1.807) is 6.92 Å². The van der Waals surface area contributed by atoms with Crippen LogP contribution in [-0.2, 0) is 16.1 Å². The number of phenols is 1. The van der Waals surface area contributed by atoms with Crippen molar-refractivity contribution in [3.05, 3.63) is 70.9 Å². The fourth-order valence-corrected chi connectivity index (χ4v) is 2.83. The predicted molar refractivity (Wildman–Crippen MR) is 99.7 cm³/mol. The number of phenolic OH excluding ortho intramolecular Hbond substituents is 1. The van der Waals surface area contributed by atoms with E-state index in [2.05, 4.69) is 4.98 Å². The molecule has 2 aromatic carbocycles. The zero-order valence-electron chi connectivity index (χ0n) is 15.1. The van der Waals surface area contributed by atoms with Crippen molar-refractivity contribution in [1.82, 2.24) is 4.98 Å². The number of hydrogen-bond acceptors (Lipinski definition) is 6. The molecule has 0 saturated carbocycles.